The quantitative estimate of drug-likeness (QED) is 0.221. The number of piperidine rings is 1. The number of nitrogens with one attached hydrogen (secondary N) is 2. The SMILES string of the molecule is [C-]#[N+]c1ccc(CC(=O)/C=C/CN(C)C)cc1-c1nc(Nc2cccc(N3CCCCC3)c2)nc2[nH]ncc12. The number of benzene rings is 2. The van der Waals surface area contributed by atoms with Crippen LogP contribution >= 0.6 is 0 Å². The van der Waals surface area contributed by atoms with Crippen LogP contribution in [0.2, 0.25) is 0 Å². The first-order chi connectivity index (χ1) is 19.0. The summed E-state index contributed by atoms with van der Waals surface area (Å²) in [5.74, 6) is 0.409. The molecule has 0 aliphatic carbocycles. The van der Waals surface area contributed by atoms with Crippen LogP contribution in [0.15, 0.2) is 60.8 Å². The molecule has 4 aromatic rings. The Kier molecular flexibility index (Phi) is 7.94. The molecule has 3 heterocycles. The second-order valence-corrected chi connectivity index (χ2v) is 10.0. The third-order valence-electron chi connectivity index (χ3n) is 6.72. The predicted molar refractivity (Wildman–Crippen MR) is 156 cm³/mol. The summed E-state index contributed by atoms with van der Waals surface area (Å²) in [6.07, 6.45) is 9.08. The molecule has 198 valence electrons. The molecule has 1 aliphatic rings. The molecule has 0 bridgehead atoms. The highest BCUT2D eigenvalue weighted by molar-refractivity contribution is 5.96. The van der Waals surface area contributed by atoms with E-state index in [-0.39, 0.29) is 12.2 Å². The van der Waals surface area contributed by atoms with Crippen LogP contribution in [-0.4, -0.2) is 64.6 Å². The molecular formula is C30H32N8O. The standard InChI is InChI=1S/C30H32N8O/c1-31-27-13-12-21(17-24(39)11-8-14-37(2)3)18-25(27)28-26-20-32-36-29(26)35-30(34-28)33-22-9-7-10-23(19-22)38-15-5-4-6-16-38/h7-13,18-20H,4-6,14-17H2,2-3H3,(H2,32,33,34,35,36)/b11-8+. The van der Waals surface area contributed by atoms with Gasteiger partial charge >= 0.3 is 0 Å². The number of nitrogens with zero attached hydrogens (tertiary/aromatic N) is 6. The number of aromatic nitrogens is 4. The molecule has 1 fully saturated rings. The van der Waals surface area contributed by atoms with Crippen molar-refractivity contribution in [2.45, 2.75) is 25.7 Å². The Balaban J connectivity index is 1.46. The number of H-pyrrole nitrogens is 1. The molecule has 1 aliphatic heterocycles. The number of aromatic amines is 1. The summed E-state index contributed by atoms with van der Waals surface area (Å²) in [7, 11) is 3.91. The van der Waals surface area contributed by atoms with Crippen LogP contribution in [-0.2, 0) is 11.2 Å². The highest BCUT2D eigenvalue weighted by Gasteiger charge is 2.17. The average molecular weight is 521 g/mol. The molecule has 9 heteroatoms. The minimum absolute atomic E-state index is 0.00505. The maximum Gasteiger partial charge on any atom is 0.229 e. The molecule has 1 saturated heterocycles. The van der Waals surface area contributed by atoms with E-state index in [0.29, 0.717) is 40.5 Å². The maximum absolute atomic E-state index is 12.5. The first-order valence-corrected chi connectivity index (χ1v) is 13.2. The second kappa shape index (κ2) is 11.9. The predicted octanol–water partition coefficient (Wildman–Crippen LogP) is 5.53. The smallest absolute Gasteiger partial charge is 0.229 e. The van der Waals surface area contributed by atoms with Gasteiger partial charge in [-0.05, 0) is 63.2 Å². The van der Waals surface area contributed by atoms with Crippen molar-refractivity contribution in [3.63, 3.8) is 0 Å². The summed E-state index contributed by atoms with van der Waals surface area (Å²) in [4.78, 5) is 30.1. The Morgan fingerprint density at radius 1 is 1.15 bits per heavy atom. The van der Waals surface area contributed by atoms with Gasteiger partial charge in [0.1, 0.15) is 0 Å². The average Bonchev–Trinajstić information content (AvgIpc) is 3.42. The lowest BCUT2D eigenvalue weighted by molar-refractivity contribution is -0.114. The number of fused-ring (bicyclic) bond motifs is 1. The molecule has 9 nitrogen and oxygen atoms in total. The summed E-state index contributed by atoms with van der Waals surface area (Å²) in [6.45, 7) is 10.6. The van der Waals surface area contributed by atoms with Crippen molar-refractivity contribution < 1.29 is 4.79 Å². The topological polar surface area (TPSA) is 94.4 Å². The van der Waals surface area contributed by atoms with Gasteiger partial charge in [-0.3, -0.25) is 9.89 Å². The summed E-state index contributed by atoms with van der Waals surface area (Å²) < 4.78 is 0. The van der Waals surface area contributed by atoms with E-state index in [4.69, 9.17) is 11.6 Å². The molecule has 2 aromatic carbocycles. The van der Waals surface area contributed by atoms with E-state index in [2.05, 4.69) is 42.4 Å². The minimum atomic E-state index is 0.00505. The van der Waals surface area contributed by atoms with Gasteiger partial charge in [0.15, 0.2) is 17.1 Å². The van der Waals surface area contributed by atoms with Crippen LogP contribution in [0.3, 0.4) is 0 Å². The van der Waals surface area contributed by atoms with Gasteiger partial charge in [0, 0.05) is 43.0 Å². The van der Waals surface area contributed by atoms with Crippen LogP contribution in [0, 0.1) is 6.57 Å². The fourth-order valence-corrected chi connectivity index (χ4v) is 4.79. The number of rotatable bonds is 9. The number of carbonyl (C=O) groups is 1. The van der Waals surface area contributed by atoms with Crippen molar-refractivity contribution >= 4 is 39.8 Å². The zero-order valence-corrected chi connectivity index (χ0v) is 22.3. The first kappa shape index (κ1) is 26.1. The van der Waals surface area contributed by atoms with Gasteiger partial charge < -0.3 is 15.1 Å². The van der Waals surface area contributed by atoms with Crippen molar-refractivity contribution in [2.24, 2.45) is 0 Å². The first-order valence-electron chi connectivity index (χ1n) is 13.2. The van der Waals surface area contributed by atoms with Crippen LogP contribution < -0.4 is 10.2 Å². The van der Waals surface area contributed by atoms with Crippen molar-refractivity contribution in [1.82, 2.24) is 25.1 Å². The lowest BCUT2D eigenvalue weighted by Gasteiger charge is -2.29. The monoisotopic (exact) mass is 520 g/mol. The number of ketones is 1. The van der Waals surface area contributed by atoms with Crippen LogP contribution in [0.5, 0.6) is 0 Å². The third-order valence-corrected chi connectivity index (χ3v) is 6.72. The molecule has 0 unspecified atom stereocenters. The fraction of sp³-hybridized carbons (Fsp3) is 0.300. The van der Waals surface area contributed by atoms with E-state index in [0.717, 1.165) is 24.3 Å². The van der Waals surface area contributed by atoms with Gasteiger partial charge in [-0.15, -0.1) is 0 Å². The molecule has 39 heavy (non-hydrogen) atoms. The Hall–Kier alpha value is -4.55. The van der Waals surface area contributed by atoms with E-state index in [1.807, 2.05) is 49.3 Å². The highest BCUT2D eigenvalue weighted by Crippen LogP contribution is 2.35. The molecular weight excluding hydrogens is 488 g/mol. The van der Waals surface area contributed by atoms with Crippen LogP contribution in [0.1, 0.15) is 24.8 Å². The van der Waals surface area contributed by atoms with Crippen molar-refractivity contribution in [3.05, 3.63) is 77.8 Å². The zero-order chi connectivity index (χ0) is 27.2. The number of hydrogen-bond donors (Lipinski definition) is 2. The van der Waals surface area contributed by atoms with E-state index >= 15 is 0 Å². The number of allylic oxidation sites excluding steroid dienone is 1. The minimum Gasteiger partial charge on any atom is -0.371 e. The lowest BCUT2D eigenvalue weighted by atomic mass is 10.0. The molecule has 2 N–H and O–H groups in total. The lowest BCUT2D eigenvalue weighted by Crippen LogP contribution is -2.29. The second-order valence-electron chi connectivity index (χ2n) is 10.0. The Bertz CT molecular complexity index is 1540. The van der Waals surface area contributed by atoms with Gasteiger partial charge in [0.25, 0.3) is 0 Å². The molecule has 0 amide bonds. The molecule has 0 saturated carbocycles. The van der Waals surface area contributed by atoms with E-state index in [1.165, 1.54) is 24.9 Å². The number of anilines is 3. The molecule has 0 atom stereocenters. The Morgan fingerprint density at radius 2 is 2.00 bits per heavy atom. The van der Waals surface area contributed by atoms with Crippen molar-refractivity contribution in [3.8, 4) is 11.3 Å². The van der Waals surface area contributed by atoms with Gasteiger partial charge in [-0.2, -0.15) is 10.1 Å². The zero-order valence-electron chi connectivity index (χ0n) is 22.3. The summed E-state index contributed by atoms with van der Waals surface area (Å²) in [5, 5.41) is 11.2. The summed E-state index contributed by atoms with van der Waals surface area (Å²) >= 11 is 0. The van der Waals surface area contributed by atoms with Gasteiger partial charge in [0.05, 0.1) is 23.8 Å². The normalized spacial score (nSPS) is 13.7. The Morgan fingerprint density at radius 3 is 2.79 bits per heavy atom. The fourth-order valence-electron chi connectivity index (χ4n) is 4.79. The molecule has 0 radical (unpaired) electrons. The van der Waals surface area contributed by atoms with Gasteiger partial charge in [-0.25, -0.2) is 9.83 Å². The highest BCUT2D eigenvalue weighted by atomic mass is 16.1. The van der Waals surface area contributed by atoms with Gasteiger partial charge in [0.2, 0.25) is 5.95 Å². The molecule has 5 rings (SSSR count). The number of hydrogen-bond acceptors (Lipinski definition) is 7. The van der Waals surface area contributed by atoms with Crippen molar-refractivity contribution in [2.75, 3.05) is 43.9 Å². The molecule has 0 spiro atoms. The third kappa shape index (κ3) is 6.30. The number of likely N-dealkylation sites (N-methyl/N-ethyl adjacent to an activating group) is 1. The number of carbonyl (C=O) groups excluding carboxylic acids is 1. The van der Waals surface area contributed by atoms with E-state index in [1.54, 1.807) is 18.3 Å². The van der Waals surface area contributed by atoms with Crippen LogP contribution in [0.4, 0.5) is 23.0 Å². The molecule has 2 aromatic heterocycles. The van der Waals surface area contributed by atoms with E-state index in [9.17, 15) is 4.79 Å². The summed E-state index contributed by atoms with van der Waals surface area (Å²) in [6, 6.07) is 13.7. The van der Waals surface area contributed by atoms with E-state index < -0.39 is 0 Å². The Labute approximate surface area is 228 Å². The van der Waals surface area contributed by atoms with Gasteiger partial charge in [-0.1, -0.05) is 30.3 Å². The largest absolute Gasteiger partial charge is 0.371 e. The van der Waals surface area contributed by atoms with Crippen LogP contribution in [0.25, 0.3) is 27.1 Å². The maximum atomic E-state index is 12.5. The summed E-state index contributed by atoms with van der Waals surface area (Å²) in [5.41, 5.74) is 5.13. The van der Waals surface area contributed by atoms with Crippen molar-refractivity contribution in [1.29, 1.82) is 0 Å².